The van der Waals surface area contributed by atoms with Crippen LogP contribution in [-0.4, -0.2) is 26.5 Å². The highest BCUT2D eigenvalue weighted by Gasteiger charge is 2.36. The monoisotopic (exact) mass is 338 g/mol. The van der Waals surface area contributed by atoms with Crippen LogP contribution in [0.3, 0.4) is 0 Å². The minimum Gasteiger partial charge on any atom is -0.311 e. The normalized spacial score (nSPS) is 28.2. The summed E-state index contributed by atoms with van der Waals surface area (Å²) in [7, 11) is -4.17. The molecule has 0 spiro atoms. The Balaban J connectivity index is 0.00000161. The van der Waals surface area contributed by atoms with E-state index >= 15 is 0 Å². The number of sulfonamides is 1. The second-order valence-electron chi connectivity index (χ2n) is 5.48. The van der Waals surface area contributed by atoms with Crippen LogP contribution in [0.5, 0.6) is 0 Å². The van der Waals surface area contributed by atoms with Crippen LogP contribution in [0.1, 0.15) is 25.7 Å². The zero-order valence-electron chi connectivity index (χ0n) is 11.2. The van der Waals surface area contributed by atoms with Crippen molar-refractivity contribution in [2.24, 2.45) is 0 Å². The molecule has 21 heavy (non-hydrogen) atoms. The van der Waals surface area contributed by atoms with Crippen molar-refractivity contribution >= 4 is 22.4 Å². The Bertz CT molecular complexity index is 594. The molecule has 2 N–H and O–H groups in total. The molecule has 2 fully saturated rings. The fourth-order valence-corrected chi connectivity index (χ4v) is 4.57. The average Bonchev–Trinajstić information content (AvgIpc) is 2.67. The van der Waals surface area contributed by atoms with E-state index in [9.17, 15) is 17.2 Å². The molecule has 8 heteroatoms. The van der Waals surface area contributed by atoms with Gasteiger partial charge in [0.1, 0.15) is 11.6 Å². The lowest BCUT2D eigenvalue weighted by Gasteiger charge is -2.29. The van der Waals surface area contributed by atoms with Crippen molar-refractivity contribution in [1.29, 1.82) is 0 Å². The summed E-state index contributed by atoms with van der Waals surface area (Å²) in [6.45, 7) is 0. The SMILES string of the molecule is Cl.O=S(=O)(NC1CC2CCC(C1)N2)c1c(F)cccc1F. The Morgan fingerprint density at radius 1 is 1.10 bits per heavy atom. The third kappa shape index (κ3) is 3.36. The first-order chi connectivity index (χ1) is 9.45. The number of piperidine rings is 1. The Morgan fingerprint density at radius 2 is 1.62 bits per heavy atom. The van der Waals surface area contributed by atoms with E-state index in [4.69, 9.17) is 0 Å². The van der Waals surface area contributed by atoms with Crippen LogP contribution in [0.4, 0.5) is 8.78 Å². The number of hydrogen-bond acceptors (Lipinski definition) is 3. The molecule has 0 amide bonds. The molecule has 2 aliphatic rings. The Hall–Kier alpha value is -0.760. The summed E-state index contributed by atoms with van der Waals surface area (Å²) in [5.41, 5.74) is 0. The van der Waals surface area contributed by atoms with Crippen molar-refractivity contribution < 1.29 is 17.2 Å². The second kappa shape index (κ2) is 6.16. The van der Waals surface area contributed by atoms with Gasteiger partial charge in [-0.25, -0.2) is 21.9 Å². The highest BCUT2D eigenvalue weighted by molar-refractivity contribution is 7.89. The summed E-state index contributed by atoms with van der Waals surface area (Å²) in [6.07, 6.45) is 3.37. The maximum Gasteiger partial charge on any atom is 0.246 e. The van der Waals surface area contributed by atoms with Gasteiger partial charge >= 0.3 is 0 Å². The van der Waals surface area contributed by atoms with Gasteiger partial charge in [0, 0.05) is 18.1 Å². The van der Waals surface area contributed by atoms with E-state index in [2.05, 4.69) is 10.0 Å². The van der Waals surface area contributed by atoms with Gasteiger partial charge in [0.25, 0.3) is 0 Å². The average molecular weight is 339 g/mol. The van der Waals surface area contributed by atoms with Crippen molar-refractivity contribution in [3.8, 4) is 0 Å². The molecule has 0 saturated carbocycles. The summed E-state index contributed by atoms with van der Waals surface area (Å²) < 4.78 is 54.0. The number of halogens is 3. The Labute approximate surface area is 128 Å². The predicted molar refractivity (Wildman–Crippen MR) is 76.9 cm³/mol. The molecule has 2 heterocycles. The lowest BCUT2D eigenvalue weighted by Crippen LogP contribution is -2.48. The number of hydrogen-bond donors (Lipinski definition) is 2. The third-order valence-electron chi connectivity index (χ3n) is 3.98. The first-order valence-electron chi connectivity index (χ1n) is 6.68. The third-order valence-corrected chi connectivity index (χ3v) is 5.55. The molecular formula is C13H17ClF2N2O2S. The number of fused-ring (bicyclic) bond motifs is 2. The number of rotatable bonds is 3. The minimum absolute atomic E-state index is 0. The molecule has 0 aromatic heterocycles. The standard InChI is InChI=1S/C13H16F2N2O2S.ClH/c14-11-2-1-3-12(15)13(11)20(18,19)17-10-6-8-4-5-9(7-10)16-8;/h1-3,8-10,16-17H,4-7H2;1H. The summed E-state index contributed by atoms with van der Waals surface area (Å²) in [6, 6.07) is 3.37. The number of benzene rings is 1. The topological polar surface area (TPSA) is 58.2 Å². The molecule has 118 valence electrons. The molecule has 1 aromatic rings. The summed E-state index contributed by atoms with van der Waals surface area (Å²) >= 11 is 0. The Kier molecular flexibility index (Phi) is 4.87. The lowest BCUT2D eigenvalue weighted by molar-refractivity contribution is 0.344. The fraction of sp³-hybridized carbons (Fsp3) is 0.538. The first kappa shape index (κ1) is 16.6. The molecule has 3 rings (SSSR count). The van der Waals surface area contributed by atoms with E-state index in [-0.39, 0.29) is 18.4 Å². The van der Waals surface area contributed by atoms with E-state index in [1.807, 2.05) is 0 Å². The summed E-state index contributed by atoms with van der Waals surface area (Å²) in [5, 5.41) is 3.39. The van der Waals surface area contributed by atoms with Gasteiger partial charge in [-0.05, 0) is 37.8 Å². The molecular weight excluding hydrogens is 322 g/mol. The predicted octanol–water partition coefficient (Wildman–Crippen LogP) is 1.95. The summed E-state index contributed by atoms with van der Waals surface area (Å²) in [5.74, 6) is -2.12. The first-order valence-corrected chi connectivity index (χ1v) is 8.16. The van der Waals surface area contributed by atoms with Gasteiger partial charge in [0.05, 0.1) is 0 Å². The molecule has 4 nitrogen and oxygen atoms in total. The van der Waals surface area contributed by atoms with Crippen molar-refractivity contribution in [2.75, 3.05) is 0 Å². The largest absolute Gasteiger partial charge is 0.311 e. The zero-order valence-corrected chi connectivity index (χ0v) is 12.8. The lowest BCUT2D eigenvalue weighted by atomic mass is 10.0. The fourth-order valence-electron chi connectivity index (χ4n) is 3.17. The van der Waals surface area contributed by atoms with Gasteiger partial charge in [-0.2, -0.15) is 0 Å². The molecule has 2 saturated heterocycles. The van der Waals surface area contributed by atoms with Gasteiger partial charge in [-0.1, -0.05) is 6.07 Å². The van der Waals surface area contributed by atoms with Gasteiger partial charge < -0.3 is 5.32 Å². The molecule has 0 radical (unpaired) electrons. The van der Waals surface area contributed by atoms with Crippen molar-refractivity contribution in [3.05, 3.63) is 29.8 Å². The van der Waals surface area contributed by atoms with Gasteiger partial charge in [0.2, 0.25) is 10.0 Å². The molecule has 2 aliphatic heterocycles. The van der Waals surface area contributed by atoms with E-state index in [1.54, 1.807) is 0 Å². The maximum absolute atomic E-state index is 13.6. The van der Waals surface area contributed by atoms with Crippen LogP contribution >= 0.6 is 12.4 Å². The van der Waals surface area contributed by atoms with E-state index in [0.29, 0.717) is 24.9 Å². The molecule has 1 aromatic carbocycles. The van der Waals surface area contributed by atoms with Crippen LogP contribution < -0.4 is 10.0 Å². The van der Waals surface area contributed by atoms with E-state index < -0.39 is 26.6 Å². The second-order valence-corrected chi connectivity index (χ2v) is 7.13. The molecule has 0 aliphatic carbocycles. The van der Waals surface area contributed by atoms with Crippen LogP contribution in [-0.2, 0) is 10.0 Å². The molecule has 2 unspecified atom stereocenters. The van der Waals surface area contributed by atoms with E-state index in [0.717, 1.165) is 31.0 Å². The van der Waals surface area contributed by atoms with Gasteiger partial charge in [-0.3, -0.25) is 0 Å². The van der Waals surface area contributed by atoms with Crippen LogP contribution in [0.25, 0.3) is 0 Å². The van der Waals surface area contributed by atoms with Crippen LogP contribution in [0, 0.1) is 11.6 Å². The van der Waals surface area contributed by atoms with Crippen LogP contribution in [0.2, 0.25) is 0 Å². The smallest absolute Gasteiger partial charge is 0.246 e. The maximum atomic E-state index is 13.6. The molecule has 2 bridgehead atoms. The van der Waals surface area contributed by atoms with Crippen molar-refractivity contribution in [1.82, 2.24) is 10.0 Å². The number of nitrogens with one attached hydrogen (secondary N) is 2. The Morgan fingerprint density at radius 3 is 2.14 bits per heavy atom. The highest BCUT2D eigenvalue weighted by Crippen LogP contribution is 2.28. The highest BCUT2D eigenvalue weighted by atomic mass is 35.5. The van der Waals surface area contributed by atoms with Gasteiger partial charge in [-0.15, -0.1) is 12.4 Å². The van der Waals surface area contributed by atoms with E-state index in [1.165, 1.54) is 0 Å². The van der Waals surface area contributed by atoms with Gasteiger partial charge in [0.15, 0.2) is 4.90 Å². The molecule has 2 atom stereocenters. The van der Waals surface area contributed by atoms with Crippen molar-refractivity contribution in [2.45, 2.75) is 48.7 Å². The minimum atomic E-state index is -4.17. The van der Waals surface area contributed by atoms with Crippen molar-refractivity contribution in [3.63, 3.8) is 0 Å². The van der Waals surface area contributed by atoms with Crippen LogP contribution in [0.15, 0.2) is 23.1 Å². The zero-order chi connectivity index (χ0) is 14.3. The quantitative estimate of drug-likeness (QED) is 0.885. The summed E-state index contributed by atoms with van der Waals surface area (Å²) in [4.78, 5) is -0.883.